The number of nitrogen functional groups attached to an aromatic ring is 1. The van der Waals surface area contributed by atoms with Gasteiger partial charge in [0.1, 0.15) is 5.75 Å². The van der Waals surface area contributed by atoms with E-state index in [1.807, 2.05) is 13.8 Å². The van der Waals surface area contributed by atoms with Gasteiger partial charge in [0.2, 0.25) is 0 Å². The lowest BCUT2D eigenvalue weighted by Gasteiger charge is -2.14. The van der Waals surface area contributed by atoms with Crippen molar-refractivity contribution in [1.82, 2.24) is 5.32 Å². The van der Waals surface area contributed by atoms with Gasteiger partial charge in [-0.3, -0.25) is 4.79 Å². The van der Waals surface area contributed by atoms with E-state index >= 15 is 0 Å². The lowest BCUT2D eigenvalue weighted by Crippen LogP contribution is -2.30. The van der Waals surface area contributed by atoms with E-state index in [-0.39, 0.29) is 5.69 Å². The van der Waals surface area contributed by atoms with Gasteiger partial charge in [-0.1, -0.05) is 13.8 Å². The molecule has 0 aliphatic rings. The highest BCUT2D eigenvalue weighted by Crippen LogP contribution is 2.37. The number of halogens is 3. The molecule has 0 bridgehead atoms. The topological polar surface area (TPSA) is 64.3 Å². The van der Waals surface area contributed by atoms with Gasteiger partial charge in [-0.05, 0) is 30.5 Å². The molecule has 0 saturated carbocycles. The van der Waals surface area contributed by atoms with E-state index in [1.54, 1.807) is 0 Å². The van der Waals surface area contributed by atoms with Crippen LogP contribution in [0.25, 0.3) is 0 Å². The Morgan fingerprint density at radius 2 is 2.05 bits per heavy atom. The Bertz CT molecular complexity index is 488. The maximum Gasteiger partial charge on any atom is 0.420 e. The Kier molecular flexibility index (Phi) is 5.87. The Labute approximate surface area is 121 Å². The normalized spacial score (nSPS) is 11.5. The van der Waals surface area contributed by atoms with E-state index < -0.39 is 30.0 Å². The summed E-state index contributed by atoms with van der Waals surface area (Å²) in [5, 5.41) is 2.58. The highest BCUT2D eigenvalue weighted by Gasteiger charge is 2.34. The van der Waals surface area contributed by atoms with Crippen molar-refractivity contribution in [2.45, 2.75) is 26.4 Å². The summed E-state index contributed by atoms with van der Waals surface area (Å²) < 4.78 is 43.4. The van der Waals surface area contributed by atoms with Gasteiger partial charge in [0, 0.05) is 12.2 Å². The summed E-state index contributed by atoms with van der Waals surface area (Å²) in [5.41, 5.74) is 4.33. The predicted octanol–water partition coefficient (Wildman–Crippen LogP) is 2.83. The number of amides is 1. The van der Waals surface area contributed by atoms with Gasteiger partial charge >= 0.3 is 6.18 Å². The minimum atomic E-state index is -4.58. The maximum atomic E-state index is 12.8. The maximum absolute atomic E-state index is 12.8. The summed E-state index contributed by atoms with van der Waals surface area (Å²) in [7, 11) is 0. The van der Waals surface area contributed by atoms with Crippen LogP contribution in [0.3, 0.4) is 0 Å². The van der Waals surface area contributed by atoms with Crippen LogP contribution in [0.1, 0.15) is 25.8 Å². The Morgan fingerprint density at radius 3 is 2.62 bits per heavy atom. The highest BCUT2D eigenvalue weighted by atomic mass is 19.4. The molecule has 0 aromatic heterocycles. The molecule has 0 atom stereocenters. The van der Waals surface area contributed by atoms with Crippen LogP contribution >= 0.6 is 0 Å². The molecule has 4 nitrogen and oxygen atoms in total. The second-order valence-corrected chi connectivity index (χ2v) is 5.07. The van der Waals surface area contributed by atoms with Crippen molar-refractivity contribution in [3.05, 3.63) is 23.8 Å². The van der Waals surface area contributed by atoms with E-state index in [9.17, 15) is 18.0 Å². The number of alkyl halides is 3. The van der Waals surface area contributed by atoms with Crippen molar-refractivity contribution in [2.24, 2.45) is 5.92 Å². The first-order valence-corrected chi connectivity index (χ1v) is 6.56. The number of ether oxygens (including phenoxy) is 1. The summed E-state index contributed by atoms with van der Waals surface area (Å²) in [6.07, 6.45) is -3.79. The first kappa shape index (κ1) is 17.1. The van der Waals surface area contributed by atoms with Crippen LogP contribution < -0.4 is 15.8 Å². The van der Waals surface area contributed by atoms with Gasteiger partial charge in [0.05, 0.1) is 5.56 Å². The number of hydrogen-bond donors (Lipinski definition) is 2. The third-order valence-electron chi connectivity index (χ3n) is 2.71. The molecular formula is C14H19F3N2O2. The highest BCUT2D eigenvalue weighted by molar-refractivity contribution is 5.77. The van der Waals surface area contributed by atoms with Crippen LogP contribution in [0, 0.1) is 5.92 Å². The molecule has 7 heteroatoms. The first-order chi connectivity index (χ1) is 9.70. The minimum Gasteiger partial charge on any atom is -0.483 e. The van der Waals surface area contributed by atoms with Crippen molar-refractivity contribution >= 4 is 11.6 Å². The zero-order valence-electron chi connectivity index (χ0n) is 12.0. The quantitative estimate of drug-likeness (QED) is 0.794. The number of hydrogen-bond acceptors (Lipinski definition) is 3. The zero-order valence-corrected chi connectivity index (χ0v) is 12.0. The van der Waals surface area contributed by atoms with Gasteiger partial charge in [-0.2, -0.15) is 13.2 Å². The number of benzene rings is 1. The monoisotopic (exact) mass is 304 g/mol. The molecule has 3 N–H and O–H groups in total. The Hall–Kier alpha value is -1.92. The Morgan fingerprint density at radius 1 is 1.38 bits per heavy atom. The lowest BCUT2D eigenvalue weighted by atomic mass is 10.1. The zero-order chi connectivity index (χ0) is 16.0. The molecule has 1 aromatic rings. The van der Waals surface area contributed by atoms with Gasteiger partial charge < -0.3 is 15.8 Å². The fraction of sp³-hybridized carbons (Fsp3) is 0.500. The van der Waals surface area contributed by atoms with Gasteiger partial charge in [-0.25, -0.2) is 0 Å². The average Bonchev–Trinajstić information content (AvgIpc) is 2.35. The summed E-state index contributed by atoms with van der Waals surface area (Å²) in [5.74, 6) is -0.434. The van der Waals surface area contributed by atoms with Crippen LogP contribution in [-0.2, 0) is 11.0 Å². The SMILES string of the molecule is CC(C)CCNC(=O)COc1ccc(N)cc1C(F)(F)F. The standard InChI is InChI=1S/C14H19F3N2O2/c1-9(2)5-6-19-13(20)8-21-12-4-3-10(18)7-11(12)14(15,16)17/h3-4,7,9H,5-6,8,18H2,1-2H3,(H,19,20). The molecule has 1 rings (SSSR count). The van der Waals surface area contributed by atoms with Crippen molar-refractivity contribution in [1.29, 1.82) is 0 Å². The van der Waals surface area contributed by atoms with E-state index in [0.29, 0.717) is 12.5 Å². The number of carbonyl (C=O) groups is 1. The van der Waals surface area contributed by atoms with Crippen LogP contribution in [0.4, 0.5) is 18.9 Å². The second-order valence-electron chi connectivity index (χ2n) is 5.07. The lowest BCUT2D eigenvalue weighted by molar-refractivity contribution is -0.139. The fourth-order valence-corrected chi connectivity index (χ4v) is 1.59. The second kappa shape index (κ2) is 7.19. The van der Waals surface area contributed by atoms with Gasteiger partial charge in [0.25, 0.3) is 5.91 Å². The fourth-order valence-electron chi connectivity index (χ4n) is 1.59. The third kappa shape index (κ3) is 5.93. The summed E-state index contributed by atoms with van der Waals surface area (Å²) in [4.78, 5) is 11.5. The van der Waals surface area contributed by atoms with E-state index in [4.69, 9.17) is 10.5 Å². The van der Waals surface area contributed by atoms with Crippen LogP contribution in [0.2, 0.25) is 0 Å². The summed E-state index contributed by atoms with van der Waals surface area (Å²) in [6, 6.07) is 3.19. The molecule has 21 heavy (non-hydrogen) atoms. The van der Waals surface area contributed by atoms with Gasteiger partial charge in [0.15, 0.2) is 6.61 Å². The average molecular weight is 304 g/mol. The molecule has 0 spiro atoms. The van der Waals surface area contributed by atoms with Crippen molar-refractivity contribution in [2.75, 3.05) is 18.9 Å². The number of nitrogens with two attached hydrogens (primary N) is 1. The Balaban J connectivity index is 2.61. The molecular weight excluding hydrogens is 285 g/mol. The van der Waals surface area contributed by atoms with Gasteiger partial charge in [-0.15, -0.1) is 0 Å². The molecule has 1 amide bonds. The molecule has 1 aromatic carbocycles. The molecule has 0 radical (unpaired) electrons. The third-order valence-corrected chi connectivity index (χ3v) is 2.71. The van der Waals surface area contributed by atoms with Crippen LogP contribution in [-0.4, -0.2) is 19.1 Å². The van der Waals surface area contributed by atoms with E-state index in [1.165, 1.54) is 6.07 Å². The van der Waals surface area contributed by atoms with Crippen molar-refractivity contribution < 1.29 is 22.7 Å². The molecule has 0 saturated heterocycles. The molecule has 118 valence electrons. The smallest absolute Gasteiger partial charge is 0.420 e. The minimum absolute atomic E-state index is 0.0175. The first-order valence-electron chi connectivity index (χ1n) is 6.56. The molecule has 0 aliphatic heterocycles. The summed E-state index contributed by atoms with van der Waals surface area (Å²) >= 11 is 0. The largest absolute Gasteiger partial charge is 0.483 e. The number of rotatable bonds is 6. The molecule has 0 aliphatic carbocycles. The number of anilines is 1. The molecule has 0 unspecified atom stereocenters. The number of carbonyl (C=O) groups excluding carboxylic acids is 1. The van der Waals surface area contributed by atoms with Crippen LogP contribution in [0.15, 0.2) is 18.2 Å². The van der Waals surface area contributed by atoms with E-state index in [2.05, 4.69) is 5.32 Å². The van der Waals surface area contributed by atoms with Crippen molar-refractivity contribution in [3.63, 3.8) is 0 Å². The predicted molar refractivity (Wildman–Crippen MR) is 73.8 cm³/mol. The van der Waals surface area contributed by atoms with Crippen molar-refractivity contribution in [3.8, 4) is 5.75 Å². The molecule has 0 fully saturated rings. The van der Waals surface area contributed by atoms with Crippen LogP contribution in [0.5, 0.6) is 5.75 Å². The number of nitrogens with one attached hydrogen (secondary N) is 1. The van der Waals surface area contributed by atoms with E-state index in [0.717, 1.165) is 18.6 Å². The summed E-state index contributed by atoms with van der Waals surface area (Å²) in [6.45, 7) is 4.01. The molecule has 0 heterocycles.